The van der Waals surface area contributed by atoms with Gasteiger partial charge in [-0.25, -0.2) is 8.96 Å². The van der Waals surface area contributed by atoms with Crippen LogP contribution in [0.3, 0.4) is 0 Å². The molecule has 1 aliphatic heterocycles. The number of H-pyrrole nitrogens is 1. The fourth-order valence-electron chi connectivity index (χ4n) is 3.76. The summed E-state index contributed by atoms with van der Waals surface area (Å²) in [6, 6.07) is 9.67. The Morgan fingerprint density at radius 3 is 2.78 bits per heavy atom. The zero-order chi connectivity index (χ0) is 26.3. The van der Waals surface area contributed by atoms with E-state index in [4.69, 9.17) is 19.5 Å². The van der Waals surface area contributed by atoms with Crippen molar-refractivity contribution in [2.24, 2.45) is 5.92 Å². The van der Waals surface area contributed by atoms with Gasteiger partial charge in [-0.2, -0.15) is 4.98 Å². The van der Waals surface area contributed by atoms with Crippen LogP contribution in [0, 0.1) is 5.92 Å². The van der Waals surface area contributed by atoms with E-state index in [2.05, 4.69) is 25.9 Å². The number of nitrogen functional groups attached to an aromatic ring is 1. The minimum absolute atomic E-state index is 0.0462. The minimum atomic E-state index is -3.93. The summed E-state index contributed by atoms with van der Waals surface area (Å²) in [5.41, 5.74) is 5.15. The minimum Gasteiger partial charge on any atom is -0.424 e. The van der Waals surface area contributed by atoms with Gasteiger partial charge in [-0.3, -0.25) is 19.1 Å². The number of rotatable bonds is 9. The maximum atomic E-state index is 15.7. The molecule has 1 aliphatic rings. The van der Waals surface area contributed by atoms with Crippen LogP contribution in [0.15, 0.2) is 47.4 Å². The monoisotopic (exact) mass is 586 g/mol. The molecular weight excluding hydrogens is 562 g/mol. The highest BCUT2D eigenvalue weighted by Crippen LogP contribution is 2.52. The number of nitrogens with one attached hydrogen (secondary N) is 1. The second-order valence-electron chi connectivity index (χ2n) is 8.56. The molecule has 2 unspecified atom stereocenters. The molecule has 0 spiro atoms. The summed E-state index contributed by atoms with van der Waals surface area (Å²) < 4.78 is 44.9. The lowest BCUT2D eigenvalue weighted by molar-refractivity contribution is -0.119. The number of aliphatic hydroxyl groups excluding tert-OH is 1. The van der Waals surface area contributed by atoms with Crippen LogP contribution >= 0.6 is 23.5 Å². The number of halogens is 2. The van der Waals surface area contributed by atoms with Crippen LogP contribution in [0.4, 0.5) is 10.3 Å². The van der Waals surface area contributed by atoms with Crippen molar-refractivity contribution < 1.29 is 32.6 Å². The van der Waals surface area contributed by atoms with E-state index in [1.54, 1.807) is 37.3 Å². The van der Waals surface area contributed by atoms with Gasteiger partial charge in [-0.15, -0.1) is 0 Å². The summed E-state index contributed by atoms with van der Waals surface area (Å²) >= 11 is 2.88. The van der Waals surface area contributed by atoms with E-state index < -0.39 is 48.7 Å². The largest absolute Gasteiger partial charge is 0.424 e. The Kier molecular flexibility index (Phi) is 7.40. The molecule has 0 saturated carbocycles. The molecule has 194 valence electrons. The third-order valence-electron chi connectivity index (χ3n) is 5.85. The van der Waals surface area contributed by atoms with Gasteiger partial charge >= 0.3 is 7.60 Å². The number of aromatic nitrogens is 3. The second kappa shape index (κ2) is 10.1. The lowest BCUT2D eigenvalue weighted by Gasteiger charge is -2.24. The maximum Gasteiger partial charge on any atom is 0.379 e. The number of hydrogen-bond donors (Lipinski definition) is 3. The number of aliphatic hydroxyl groups is 1. The quantitative estimate of drug-likeness (QED) is 0.253. The molecule has 1 fully saturated rings. The first-order valence-electron chi connectivity index (χ1n) is 11.0. The molecule has 3 aromatic rings. The highest BCUT2D eigenvalue weighted by atomic mass is 79.9. The molecule has 0 bridgehead atoms. The number of aromatic amines is 1. The predicted octanol–water partition coefficient (Wildman–Crippen LogP) is 3.14. The summed E-state index contributed by atoms with van der Waals surface area (Å²) in [6.45, 7) is 2.44. The van der Waals surface area contributed by atoms with Gasteiger partial charge in [0.1, 0.15) is 23.7 Å². The summed E-state index contributed by atoms with van der Waals surface area (Å²) in [4.78, 5) is 30.3. The molecule has 14 heteroatoms. The average molecular weight is 587 g/mol. The fraction of sp³-hybridized carbons (Fsp3) is 0.409. The number of benzene rings is 1. The van der Waals surface area contributed by atoms with Crippen molar-refractivity contribution in [3.05, 3.63) is 52.9 Å². The van der Waals surface area contributed by atoms with Gasteiger partial charge in [0.2, 0.25) is 10.5 Å². The van der Waals surface area contributed by atoms with E-state index >= 15 is 4.39 Å². The highest BCUT2D eigenvalue weighted by molar-refractivity contribution is 9.10. The van der Waals surface area contributed by atoms with Gasteiger partial charge in [-0.1, -0.05) is 25.1 Å². The highest BCUT2D eigenvalue weighted by Gasteiger charge is 2.57. The van der Waals surface area contributed by atoms with E-state index in [1.807, 2.05) is 0 Å². The SMILES string of the molecule is CC(=O)[C@H](C)CP(=O)(OC[C@H]1O[C@@H](n2ccc3c(=O)[nH]c(N)nc32)[C@@](F)(Br)C1O)Oc1ccccc1. The molecule has 1 aromatic carbocycles. The van der Waals surface area contributed by atoms with Crippen LogP contribution in [0.1, 0.15) is 20.1 Å². The summed E-state index contributed by atoms with van der Waals surface area (Å²) in [7, 11) is -3.93. The summed E-state index contributed by atoms with van der Waals surface area (Å²) in [6.07, 6.45) is -3.39. The van der Waals surface area contributed by atoms with E-state index in [0.717, 1.165) is 0 Å². The first-order valence-corrected chi connectivity index (χ1v) is 13.5. The van der Waals surface area contributed by atoms with Crippen molar-refractivity contribution >= 4 is 46.3 Å². The predicted molar refractivity (Wildman–Crippen MR) is 133 cm³/mol. The number of anilines is 1. The molecule has 3 heterocycles. The number of Topliss-reactive ketones (excluding diaryl/α,β-unsaturated/α-hetero) is 1. The number of ketones is 1. The van der Waals surface area contributed by atoms with Crippen molar-refractivity contribution in [1.29, 1.82) is 0 Å². The van der Waals surface area contributed by atoms with Gasteiger partial charge in [0.15, 0.2) is 11.9 Å². The van der Waals surface area contributed by atoms with Gasteiger partial charge in [0, 0.05) is 12.1 Å². The molecule has 4 rings (SSSR count). The number of carbonyl (C=O) groups is 1. The van der Waals surface area contributed by atoms with Crippen LogP contribution in [0.2, 0.25) is 0 Å². The van der Waals surface area contributed by atoms with E-state index in [-0.39, 0.29) is 34.7 Å². The van der Waals surface area contributed by atoms with Crippen LogP contribution in [-0.2, 0) is 18.6 Å². The Morgan fingerprint density at radius 1 is 1.42 bits per heavy atom. The van der Waals surface area contributed by atoms with Gasteiger partial charge in [0.05, 0.1) is 18.2 Å². The number of hydrogen-bond acceptors (Lipinski definition) is 9. The van der Waals surface area contributed by atoms with Crippen LogP contribution in [-0.4, -0.2) is 55.0 Å². The number of fused-ring (bicyclic) bond motifs is 1. The van der Waals surface area contributed by atoms with E-state index in [0.29, 0.717) is 0 Å². The van der Waals surface area contributed by atoms with Crippen LogP contribution in [0.25, 0.3) is 11.0 Å². The average Bonchev–Trinajstić information content (AvgIpc) is 3.31. The third-order valence-corrected chi connectivity index (χ3v) is 8.73. The summed E-state index contributed by atoms with van der Waals surface area (Å²) in [5.74, 6) is -0.768. The molecule has 6 atom stereocenters. The zero-order valence-electron chi connectivity index (χ0n) is 19.3. The molecule has 0 aliphatic carbocycles. The summed E-state index contributed by atoms with van der Waals surface area (Å²) in [5, 5.41) is 10.8. The lowest BCUT2D eigenvalue weighted by atomic mass is 10.1. The van der Waals surface area contributed by atoms with Crippen molar-refractivity contribution in [1.82, 2.24) is 14.5 Å². The lowest BCUT2D eigenvalue weighted by Crippen LogP contribution is -2.38. The normalized spacial score (nSPS) is 26.5. The molecule has 36 heavy (non-hydrogen) atoms. The topological polar surface area (TPSA) is 159 Å². The first-order chi connectivity index (χ1) is 16.9. The molecule has 2 aromatic heterocycles. The standard InChI is InChI=1S/C22H25BrFN4O7P/c1-12(13(2)29)11-36(32,35-14-6-4-3-5-7-14)33-10-16-17(30)22(23,24)20(34-16)28-9-8-15-18(28)26-21(25)27-19(15)31/h3-9,12,16-17,20,30H,10-11H2,1-2H3,(H3,25,26,27,31)/t12-,16-,17?,20-,22-,36?/m1/s1. The van der Waals surface area contributed by atoms with Gasteiger partial charge < -0.3 is 24.7 Å². The fourth-order valence-corrected chi connectivity index (χ4v) is 6.37. The van der Waals surface area contributed by atoms with E-state index in [1.165, 1.54) is 23.8 Å². The third kappa shape index (κ3) is 5.25. The van der Waals surface area contributed by atoms with Gasteiger partial charge in [-0.05, 0) is 41.1 Å². The number of ether oxygens (including phenoxy) is 1. The van der Waals surface area contributed by atoms with Crippen molar-refractivity contribution in [3.63, 3.8) is 0 Å². The van der Waals surface area contributed by atoms with Crippen molar-refractivity contribution in [3.8, 4) is 5.75 Å². The molecule has 1 saturated heterocycles. The Balaban J connectivity index is 1.57. The Morgan fingerprint density at radius 2 is 2.11 bits per heavy atom. The first kappa shape index (κ1) is 26.5. The van der Waals surface area contributed by atoms with E-state index in [9.17, 15) is 19.3 Å². The van der Waals surface area contributed by atoms with Crippen LogP contribution in [0.5, 0.6) is 5.75 Å². The molecule has 0 radical (unpaired) electrons. The van der Waals surface area contributed by atoms with Crippen LogP contribution < -0.4 is 15.8 Å². The number of para-hydroxylation sites is 1. The molecule has 0 amide bonds. The van der Waals surface area contributed by atoms with Crippen molar-refractivity contribution in [2.75, 3.05) is 18.5 Å². The number of nitrogens with zero attached hydrogens (tertiary/aromatic N) is 2. The molecular formula is C22H25BrFN4O7P. The zero-order valence-corrected chi connectivity index (χ0v) is 21.8. The smallest absolute Gasteiger partial charge is 0.379 e. The Hall–Kier alpha value is -2.57. The second-order valence-corrected chi connectivity index (χ2v) is 11.8. The van der Waals surface area contributed by atoms with Gasteiger partial charge in [0.25, 0.3) is 5.56 Å². The Labute approximate surface area is 213 Å². The molecule has 4 N–H and O–H groups in total. The number of nitrogens with two attached hydrogens (primary N) is 1. The number of alkyl halides is 2. The molecule has 11 nitrogen and oxygen atoms in total. The number of carbonyl (C=O) groups excluding carboxylic acids is 1. The Bertz CT molecular complexity index is 1370. The maximum absolute atomic E-state index is 15.7. The van der Waals surface area contributed by atoms with Crippen molar-refractivity contribution in [2.45, 2.75) is 36.9 Å².